The molecule has 1 atom stereocenters. The van der Waals surface area contributed by atoms with Gasteiger partial charge in [-0.2, -0.15) is 0 Å². The first-order valence-corrected chi connectivity index (χ1v) is 30.8. The summed E-state index contributed by atoms with van der Waals surface area (Å²) < 4.78 is 16.9. The number of ether oxygens (including phenoxy) is 3. The highest BCUT2D eigenvalue weighted by Gasteiger charge is 2.19. The zero-order chi connectivity index (χ0) is 51.4. The van der Waals surface area contributed by atoms with Crippen LogP contribution in [-0.4, -0.2) is 37.2 Å². The first-order chi connectivity index (χ1) is 35.0. The smallest absolute Gasteiger partial charge is 0.306 e. The first kappa shape index (κ1) is 68.1. The second-order valence-corrected chi connectivity index (χ2v) is 20.6. The largest absolute Gasteiger partial charge is 0.462 e. The molecule has 0 saturated heterocycles. The molecule has 0 aromatic heterocycles. The molecule has 0 saturated carbocycles. The van der Waals surface area contributed by atoms with Crippen LogP contribution < -0.4 is 0 Å². The van der Waals surface area contributed by atoms with Crippen molar-refractivity contribution in [3.8, 4) is 0 Å². The van der Waals surface area contributed by atoms with Gasteiger partial charge in [-0.3, -0.25) is 14.4 Å². The summed E-state index contributed by atoms with van der Waals surface area (Å²) in [6.07, 6.45) is 75.1. The van der Waals surface area contributed by atoms with Gasteiger partial charge in [0.1, 0.15) is 13.2 Å². The Balaban J connectivity index is 4.34. The van der Waals surface area contributed by atoms with Crippen molar-refractivity contribution in [3.05, 3.63) is 60.8 Å². The molecule has 0 fully saturated rings. The molecule has 6 heteroatoms. The Kier molecular flexibility index (Phi) is 57.2. The van der Waals surface area contributed by atoms with Crippen molar-refractivity contribution in [1.82, 2.24) is 0 Å². The number of carbonyl (C=O) groups is 3. The number of esters is 3. The molecule has 0 aliphatic carbocycles. The Labute approximate surface area is 440 Å². The minimum atomic E-state index is -0.789. The van der Waals surface area contributed by atoms with E-state index in [9.17, 15) is 14.4 Å². The minimum Gasteiger partial charge on any atom is -0.462 e. The summed E-state index contributed by atoms with van der Waals surface area (Å²) in [7, 11) is 0. The van der Waals surface area contributed by atoms with Gasteiger partial charge in [0.15, 0.2) is 6.10 Å². The second-order valence-electron chi connectivity index (χ2n) is 20.6. The van der Waals surface area contributed by atoms with Crippen molar-refractivity contribution in [2.24, 2.45) is 0 Å². The Morgan fingerprint density at radius 2 is 0.549 bits per heavy atom. The Bertz CT molecular complexity index is 1280. The quantitative estimate of drug-likeness (QED) is 0.0261. The summed E-state index contributed by atoms with van der Waals surface area (Å²) in [5, 5.41) is 0. The third kappa shape index (κ3) is 57.9. The molecule has 0 aliphatic heterocycles. The first-order valence-electron chi connectivity index (χ1n) is 30.8. The summed E-state index contributed by atoms with van der Waals surface area (Å²) in [6, 6.07) is 0. The van der Waals surface area contributed by atoms with Crippen LogP contribution in [0.4, 0.5) is 0 Å². The highest BCUT2D eigenvalue weighted by Crippen LogP contribution is 2.17. The summed E-state index contributed by atoms with van der Waals surface area (Å²) in [5.41, 5.74) is 0. The standard InChI is InChI=1S/C65H116O6/c1-4-7-10-13-16-19-22-25-28-30-31-32-33-34-36-37-40-43-46-49-52-55-58-64(67)70-61-62(60-69-63(66)57-54-51-48-45-42-39-27-24-21-18-15-12-9-6-3)71-65(68)59-56-53-50-47-44-41-38-35-29-26-23-20-17-14-11-8-5-2/h8,11,17,20,24,26-27,29,38,41,62H,4-7,9-10,12-16,18-19,21-23,25,28,30-37,39-40,42-61H2,1-3H3/b11-8-,20-17-,27-24-,29-26-,41-38-. The Morgan fingerprint density at radius 1 is 0.296 bits per heavy atom. The van der Waals surface area contributed by atoms with E-state index in [4.69, 9.17) is 14.2 Å². The Morgan fingerprint density at radius 3 is 0.873 bits per heavy atom. The van der Waals surface area contributed by atoms with Gasteiger partial charge in [0.25, 0.3) is 0 Å². The zero-order valence-electron chi connectivity index (χ0n) is 47.2. The number of hydrogen-bond donors (Lipinski definition) is 0. The molecule has 6 nitrogen and oxygen atoms in total. The lowest BCUT2D eigenvalue weighted by molar-refractivity contribution is -0.167. The second kappa shape index (κ2) is 59.7. The molecule has 0 amide bonds. The fourth-order valence-corrected chi connectivity index (χ4v) is 8.90. The van der Waals surface area contributed by atoms with Gasteiger partial charge in [0.05, 0.1) is 0 Å². The van der Waals surface area contributed by atoms with E-state index in [1.54, 1.807) is 0 Å². The monoisotopic (exact) mass is 993 g/mol. The highest BCUT2D eigenvalue weighted by molar-refractivity contribution is 5.71. The van der Waals surface area contributed by atoms with E-state index in [2.05, 4.69) is 81.5 Å². The predicted molar refractivity (Wildman–Crippen MR) is 307 cm³/mol. The normalized spacial score (nSPS) is 12.4. The lowest BCUT2D eigenvalue weighted by atomic mass is 10.0. The van der Waals surface area contributed by atoms with Gasteiger partial charge in [0.2, 0.25) is 0 Å². The van der Waals surface area contributed by atoms with Gasteiger partial charge in [0, 0.05) is 19.3 Å². The van der Waals surface area contributed by atoms with Gasteiger partial charge >= 0.3 is 17.9 Å². The molecule has 0 aromatic carbocycles. The molecule has 0 radical (unpaired) electrons. The van der Waals surface area contributed by atoms with E-state index < -0.39 is 6.10 Å². The lowest BCUT2D eigenvalue weighted by Gasteiger charge is -2.18. The van der Waals surface area contributed by atoms with Crippen LogP contribution in [0.3, 0.4) is 0 Å². The van der Waals surface area contributed by atoms with Crippen LogP contribution in [0.25, 0.3) is 0 Å². The van der Waals surface area contributed by atoms with E-state index in [0.29, 0.717) is 19.3 Å². The number of allylic oxidation sites excluding steroid dienone is 10. The SMILES string of the molecule is CC/C=C\C/C=C\C/C=C\C/C=C\CCCCCCC(=O)OC(COC(=O)CCCCCCC/C=C\CCCCCCC)COC(=O)CCCCCCCCCCCCCCCCCCCCCCCC. The third-order valence-electron chi connectivity index (χ3n) is 13.5. The molecule has 0 aromatic rings. The number of hydrogen-bond acceptors (Lipinski definition) is 6. The van der Waals surface area contributed by atoms with Gasteiger partial charge in [-0.1, -0.05) is 274 Å². The van der Waals surface area contributed by atoms with E-state index >= 15 is 0 Å². The van der Waals surface area contributed by atoms with Crippen LogP contribution in [0.2, 0.25) is 0 Å². The molecule has 0 spiro atoms. The summed E-state index contributed by atoms with van der Waals surface area (Å²) in [4.78, 5) is 38.2. The molecular weight excluding hydrogens is 877 g/mol. The van der Waals surface area contributed by atoms with Gasteiger partial charge in [-0.25, -0.2) is 0 Å². The fourth-order valence-electron chi connectivity index (χ4n) is 8.90. The summed E-state index contributed by atoms with van der Waals surface area (Å²) in [6.45, 7) is 6.53. The number of unbranched alkanes of at least 4 members (excludes halogenated alkanes) is 35. The van der Waals surface area contributed by atoms with Crippen LogP contribution in [0.5, 0.6) is 0 Å². The number of carbonyl (C=O) groups excluding carboxylic acids is 3. The summed E-state index contributed by atoms with van der Waals surface area (Å²) in [5.74, 6) is -0.901. The van der Waals surface area contributed by atoms with Crippen LogP contribution in [-0.2, 0) is 28.6 Å². The highest BCUT2D eigenvalue weighted by atomic mass is 16.6. The molecule has 71 heavy (non-hydrogen) atoms. The molecule has 0 heterocycles. The van der Waals surface area contributed by atoms with Crippen LogP contribution in [0.1, 0.15) is 316 Å². The van der Waals surface area contributed by atoms with E-state index in [-0.39, 0.29) is 31.1 Å². The maximum atomic E-state index is 12.9. The molecule has 0 aliphatic rings. The molecule has 1 unspecified atom stereocenters. The van der Waals surface area contributed by atoms with Gasteiger partial charge in [-0.05, 0) is 83.5 Å². The van der Waals surface area contributed by atoms with E-state index in [1.807, 2.05) is 0 Å². The van der Waals surface area contributed by atoms with E-state index in [1.165, 1.54) is 173 Å². The maximum Gasteiger partial charge on any atom is 0.306 e. The van der Waals surface area contributed by atoms with Crippen molar-refractivity contribution in [2.45, 2.75) is 322 Å². The van der Waals surface area contributed by atoms with Crippen LogP contribution in [0.15, 0.2) is 60.8 Å². The molecular formula is C65H116O6. The van der Waals surface area contributed by atoms with Crippen LogP contribution >= 0.6 is 0 Å². The van der Waals surface area contributed by atoms with Gasteiger partial charge in [-0.15, -0.1) is 0 Å². The zero-order valence-corrected chi connectivity index (χ0v) is 47.2. The Hall–Kier alpha value is -2.89. The number of rotatable bonds is 56. The average Bonchev–Trinajstić information content (AvgIpc) is 3.37. The minimum absolute atomic E-state index is 0.0840. The molecule has 0 bridgehead atoms. The summed E-state index contributed by atoms with van der Waals surface area (Å²) >= 11 is 0. The van der Waals surface area contributed by atoms with Crippen LogP contribution in [0, 0.1) is 0 Å². The van der Waals surface area contributed by atoms with Crippen molar-refractivity contribution in [2.75, 3.05) is 13.2 Å². The van der Waals surface area contributed by atoms with Crippen molar-refractivity contribution in [1.29, 1.82) is 0 Å². The van der Waals surface area contributed by atoms with E-state index in [0.717, 1.165) is 103 Å². The van der Waals surface area contributed by atoms with Crippen molar-refractivity contribution >= 4 is 17.9 Å². The van der Waals surface area contributed by atoms with Crippen molar-refractivity contribution in [3.63, 3.8) is 0 Å². The molecule has 0 rings (SSSR count). The molecule has 412 valence electrons. The molecule has 0 N–H and O–H groups in total. The van der Waals surface area contributed by atoms with Gasteiger partial charge < -0.3 is 14.2 Å². The topological polar surface area (TPSA) is 78.9 Å². The third-order valence-corrected chi connectivity index (χ3v) is 13.5. The maximum absolute atomic E-state index is 12.9. The lowest BCUT2D eigenvalue weighted by Crippen LogP contribution is -2.30. The average molecular weight is 994 g/mol. The predicted octanol–water partition coefficient (Wildman–Crippen LogP) is 20.8. The van der Waals surface area contributed by atoms with Crippen molar-refractivity contribution < 1.29 is 28.6 Å². The fraction of sp³-hybridized carbons (Fsp3) is 0.800.